The van der Waals surface area contributed by atoms with Crippen LogP contribution in [0, 0.1) is 11.3 Å². The Labute approximate surface area is 107 Å². The zero-order valence-corrected chi connectivity index (χ0v) is 10.4. The zero-order valence-electron chi connectivity index (χ0n) is 10.4. The molecule has 1 aromatic rings. The predicted molar refractivity (Wildman–Crippen MR) is 68.1 cm³/mol. The highest BCUT2D eigenvalue weighted by molar-refractivity contribution is 5.30. The summed E-state index contributed by atoms with van der Waals surface area (Å²) in [4.78, 5) is 0. The molecule has 0 amide bonds. The number of nitrogens with zero attached hydrogens (tertiary/aromatic N) is 1. The molecule has 4 heteroatoms. The summed E-state index contributed by atoms with van der Waals surface area (Å²) in [6.07, 6.45) is 1.95. The van der Waals surface area contributed by atoms with Crippen molar-refractivity contribution < 1.29 is 14.9 Å². The molecule has 4 nitrogen and oxygen atoms in total. The number of aliphatic hydroxyl groups excluding tert-OH is 2. The Hall–Kier alpha value is -1.57. The van der Waals surface area contributed by atoms with Gasteiger partial charge in [0.05, 0.1) is 25.2 Å². The van der Waals surface area contributed by atoms with Gasteiger partial charge >= 0.3 is 0 Å². The van der Waals surface area contributed by atoms with E-state index in [0.717, 1.165) is 19.3 Å². The van der Waals surface area contributed by atoms with Crippen molar-refractivity contribution in [3.63, 3.8) is 0 Å². The van der Waals surface area contributed by atoms with Gasteiger partial charge < -0.3 is 14.9 Å². The molecule has 0 aliphatic rings. The average molecular weight is 249 g/mol. The van der Waals surface area contributed by atoms with Gasteiger partial charge in [0.15, 0.2) is 0 Å². The van der Waals surface area contributed by atoms with Gasteiger partial charge in [-0.1, -0.05) is 12.1 Å². The van der Waals surface area contributed by atoms with Crippen LogP contribution in [0.15, 0.2) is 24.3 Å². The maximum absolute atomic E-state index is 9.68. The van der Waals surface area contributed by atoms with E-state index >= 15 is 0 Å². The zero-order chi connectivity index (χ0) is 13.2. The summed E-state index contributed by atoms with van der Waals surface area (Å²) in [5, 5.41) is 26.8. The lowest BCUT2D eigenvalue weighted by Gasteiger charge is -2.10. The van der Waals surface area contributed by atoms with Crippen molar-refractivity contribution in [1.29, 1.82) is 5.26 Å². The minimum Gasteiger partial charge on any atom is -0.494 e. The first-order valence-electron chi connectivity index (χ1n) is 6.16. The Morgan fingerprint density at radius 2 is 2.11 bits per heavy atom. The first-order chi connectivity index (χ1) is 8.77. The van der Waals surface area contributed by atoms with Crippen LogP contribution in [-0.4, -0.2) is 23.4 Å². The lowest BCUT2D eigenvalue weighted by Crippen LogP contribution is -2.00. The summed E-state index contributed by atoms with van der Waals surface area (Å²) in [6, 6.07) is 9.11. The summed E-state index contributed by atoms with van der Waals surface area (Å²) in [6.45, 7) is 0.813. The molecule has 0 aliphatic carbocycles. The molecule has 1 aromatic carbocycles. The molecule has 1 rings (SSSR count). The van der Waals surface area contributed by atoms with Crippen LogP contribution in [0.5, 0.6) is 5.75 Å². The number of benzene rings is 1. The molecular formula is C14H19NO3. The van der Waals surface area contributed by atoms with E-state index < -0.39 is 6.10 Å². The van der Waals surface area contributed by atoms with E-state index in [1.54, 1.807) is 18.2 Å². The van der Waals surface area contributed by atoms with Gasteiger partial charge in [-0.25, -0.2) is 0 Å². The molecule has 0 heterocycles. The first-order valence-corrected chi connectivity index (χ1v) is 6.16. The van der Waals surface area contributed by atoms with Gasteiger partial charge in [0.2, 0.25) is 0 Å². The standard InChI is InChI=1S/C14H19NO3/c15-8-7-14(17)12-5-4-6-13(11-12)18-10-3-1-2-9-16/h4-6,11,14,16-17H,1-3,7,9-10H2. The fourth-order valence-electron chi connectivity index (χ4n) is 1.60. The SMILES string of the molecule is N#CCC(O)c1cccc(OCCCCCO)c1. The molecule has 18 heavy (non-hydrogen) atoms. The summed E-state index contributed by atoms with van der Waals surface area (Å²) >= 11 is 0. The average Bonchev–Trinajstić information content (AvgIpc) is 2.39. The van der Waals surface area contributed by atoms with Crippen molar-refractivity contribution in [2.75, 3.05) is 13.2 Å². The molecule has 98 valence electrons. The predicted octanol–water partition coefficient (Wildman–Crippen LogP) is 2.18. The second-order valence-corrected chi connectivity index (χ2v) is 4.08. The second-order valence-electron chi connectivity index (χ2n) is 4.08. The molecular weight excluding hydrogens is 230 g/mol. The largest absolute Gasteiger partial charge is 0.494 e. The molecule has 0 aromatic heterocycles. The van der Waals surface area contributed by atoms with Crippen LogP contribution in [0.2, 0.25) is 0 Å². The Bertz CT molecular complexity index is 387. The highest BCUT2D eigenvalue weighted by atomic mass is 16.5. The van der Waals surface area contributed by atoms with Crippen molar-refractivity contribution in [2.45, 2.75) is 31.8 Å². The van der Waals surface area contributed by atoms with Crippen molar-refractivity contribution in [2.24, 2.45) is 0 Å². The van der Waals surface area contributed by atoms with Gasteiger partial charge in [-0.15, -0.1) is 0 Å². The van der Waals surface area contributed by atoms with Crippen LogP contribution in [0.25, 0.3) is 0 Å². The third-order valence-electron chi connectivity index (χ3n) is 2.60. The highest BCUT2D eigenvalue weighted by Crippen LogP contribution is 2.21. The van der Waals surface area contributed by atoms with E-state index in [2.05, 4.69) is 0 Å². The van der Waals surface area contributed by atoms with Gasteiger partial charge in [-0.3, -0.25) is 0 Å². The molecule has 0 aliphatic heterocycles. The normalized spacial score (nSPS) is 11.8. The number of rotatable bonds is 8. The summed E-state index contributed by atoms with van der Waals surface area (Å²) in [5.74, 6) is 0.702. The lowest BCUT2D eigenvalue weighted by molar-refractivity contribution is 0.182. The molecule has 0 saturated carbocycles. The van der Waals surface area contributed by atoms with Gasteiger partial charge in [0, 0.05) is 6.61 Å². The van der Waals surface area contributed by atoms with Crippen LogP contribution >= 0.6 is 0 Å². The van der Waals surface area contributed by atoms with Gasteiger partial charge in [0.1, 0.15) is 5.75 Å². The number of aliphatic hydroxyl groups is 2. The van der Waals surface area contributed by atoms with Crippen LogP contribution in [0.1, 0.15) is 37.4 Å². The second kappa shape index (κ2) is 8.51. The Morgan fingerprint density at radius 1 is 1.28 bits per heavy atom. The van der Waals surface area contributed by atoms with Gasteiger partial charge in [-0.05, 0) is 37.0 Å². The highest BCUT2D eigenvalue weighted by Gasteiger charge is 2.07. The number of nitriles is 1. The van der Waals surface area contributed by atoms with E-state index in [4.69, 9.17) is 15.1 Å². The quantitative estimate of drug-likeness (QED) is 0.692. The van der Waals surface area contributed by atoms with Crippen LogP contribution in [0.3, 0.4) is 0 Å². The molecule has 0 saturated heterocycles. The molecule has 0 bridgehead atoms. The maximum Gasteiger partial charge on any atom is 0.119 e. The number of hydrogen-bond acceptors (Lipinski definition) is 4. The molecule has 2 N–H and O–H groups in total. The van der Waals surface area contributed by atoms with Crippen LogP contribution in [-0.2, 0) is 0 Å². The van der Waals surface area contributed by atoms with Crippen molar-refractivity contribution in [3.8, 4) is 11.8 Å². The Balaban J connectivity index is 2.42. The number of hydrogen-bond donors (Lipinski definition) is 2. The summed E-state index contributed by atoms with van der Waals surface area (Å²) < 4.78 is 5.55. The Morgan fingerprint density at radius 3 is 2.83 bits per heavy atom. The minimum atomic E-state index is -0.757. The monoisotopic (exact) mass is 249 g/mol. The summed E-state index contributed by atoms with van der Waals surface area (Å²) in [5.41, 5.74) is 0.699. The molecule has 1 unspecified atom stereocenters. The van der Waals surface area contributed by atoms with E-state index in [9.17, 15) is 5.11 Å². The first kappa shape index (κ1) is 14.5. The van der Waals surface area contributed by atoms with E-state index in [1.165, 1.54) is 0 Å². The smallest absolute Gasteiger partial charge is 0.119 e. The third kappa shape index (κ3) is 5.17. The minimum absolute atomic E-state index is 0.0833. The van der Waals surface area contributed by atoms with Crippen LogP contribution < -0.4 is 4.74 Å². The molecule has 0 radical (unpaired) electrons. The topological polar surface area (TPSA) is 73.5 Å². The number of ether oxygens (including phenoxy) is 1. The van der Waals surface area contributed by atoms with Crippen molar-refractivity contribution in [1.82, 2.24) is 0 Å². The van der Waals surface area contributed by atoms with E-state index in [0.29, 0.717) is 17.9 Å². The van der Waals surface area contributed by atoms with E-state index in [-0.39, 0.29) is 13.0 Å². The summed E-state index contributed by atoms with van der Waals surface area (Å²) in [7, 11) is 0. The molecule has 0 fully saturated rings. The van der Waals surface area contributed by atoms with Crippen molar-refractivity contribution in [3.05, 3.63) is 29.8 Å². The van der Waals surface area contributed by atoms with Gasteiger partial charge in [-0.2, -0.15) is 5.26 Å². The van der Waals surface area contributed by atoms with Crippen LogP contribution in [0.4, 0.5) is 0 Å². The van der Waals surface area contributed by atoms with Crippen molar-refractivity contribution >= 4 is 0 Å². The fraction of sp³-hybridized carbons (Fsp3) is 0.500. The van der Waals surface area contributed by atoms with Gasteiger partial charge in [0.25, 0.3) is 0 Å². The maximum atomic E-state index is 9.68. The Kier molecular flexibility index (Phi) is 6.85. The fourth-order valence-corrected chi connectivity index (χ4v) is 1.60. The third-order valence-corrected chi connectivity index (χ3v) is 2.60. The lowest BCUT2D eigenvalue weighted by atomic mass is 10.1. The molecule has 1 atom stereocenters. The molecule has 0 spiro atoms. The van der Waals surface area contributed by atoms with E-state index in [1.807, 2.05) is 12.1 Å². The number of unbranched alkanes of at least 4 members (excludes halogenated alkanes) is 2.